The smallest absolute Gasteiger partial charge is 0.194 e. The maximum absolute atomic E-state index is 11.8. The molecule has 0 aliphatic carbocycles. The second kappa shape index (κ2) is 3.22. The largest absolute Gasteiger partial charge is 0.484 e. The predicted octanol–water partition coefficient (Wildman–Crippen LogP) is 1.63. The maximum atomic E-state index is 11.8. The summed E-state index contributed by atoms with van der Waals surface area (Å²) < 4.78 is 80.5. The molecule has 0 heterocycles. The van der Waals surface area contributed by atoms with Crippen molar-refractivity contribution in [1.82, 2.24) is 0 Å². The minimum absolute atomic E-state index is 0.160. The molecule has 0 amide bonds. The van der Waals surface area contributed by atoms with Crippen LogP contribution in [0.3, 0.4) is 0 Å². The van der Waals surface area contributed by atoms with Crippen LogP contribution in [-0.2, 0) is 14.3 Å². The van der Waals surface area contributed by atoms with Crippen LogP contribution in [0.2, 0.25) is 0 Å². The van der Waals surface area contributed by atoms with E-state index < -0.39 is 22.4 Å². The lowest BCUT2D eigenvalue weighted by molar-refractivity contribution is -0.359. The van der Waals surface area contributed by atoms with Crippen molar-refractivity contribution < 1.29 is 34.6 Å². The lowest BCUT2D eigenvalue weighted by Gasteiger charge is -2.17. The summed E-state index contributed by atoms with van der Waals surface area (Å²) in [5, 5.41) is -0.160. The van der Waals surface area contributed by atoms with E-state index in [1.807, 2.05) is 0 Å². The third-order valence-electron chi connectivity index (χ3n) is 0.755. The van der Waals surface area contributed by atoms with Crippen LogP contribution in [0.4, 0.5) is 22.0 Å². The molecule has 0 aromatic carbocycles. The minimum Gasteiger partial charge on any atom is -0.194 e. The quantitative estimate of drug-likeness (QED) is 0.542. The van der Waals surface area contributed by atoms with Crippen LogP contribution in [0.1, 0.15) is 0 Å². The second-order valence-electron chi connectivity index (χ2n) is 1.76. The summed E-state index contributed by atoms with van der Waals surface area (Å²) in [6.07, 6.45) is -11.8. The highest BCUT2D eigenvalue weighted by atomic mass is 32.2. The van der Waals surface area contributed by atoms with E-state index in [0.717, 1.165) is 0 Å². The molecule has 0 atom stereocenters. The normalized spacial score (nSPS) is 14.2. The molecule has 0 N–H and O–H groups in total. The number of rotatable bonds is 3. The summed E-state index contributed by atoms with van der Waals surface area (Å²) >= 11 is 0. The van der Waals surface area contributed by atoms with E-state index in [1.165, 1.54) is 0 Å². The molecule has 0 bridgehead atoms. The Bertz CT molecular complexity index is 289. The van der Waals surface area contributed by atoms with E-state index >= 15 is 0 Å². The van der Waals surface area contributed by atoms with Crippen molar-refractivity contribution in [3.05, 3.63) is 12.0 Å². The average Bonchev–Trinajstić information content (AvgIpc) is 1.83. The molecule has 0 fully saturated rings. The van der Waals surface area contributed by atoms with Crippen LogP contribution in [0.25, 0.3) is 0 Å². The van der Waals surface area contributed by atoms with Gasteiger partial charge >= 0.3 is 12.3 Å². The van der Waals surface area contributed by atoms with Crippen LogP contribution >= 0.6 is 0 Å². The molecule has 78 valence electrons. The Hall–Kier alpha value is -0.700. The van der Waals surface area contributed by atoms with Crippen LogP contribution in [0, 0.1) is 0 Å². The van der Waals surface area contributed by atoms with Crippen molar-refractivity contribution in [2.45, 2.75) is 12.3 Å². The van der Waals surface area contributed by atoms with Gasteiger partial charge in [0.1, 0.15) is 0 Å². The number of halogens is 5. The Kier molecular flexibility index (Phi) is 3.05. The highest BCUT2D eigenvalue weighted by Crippen LogP contribution is 2.37. The molecule has 0 rings (SSSR count). The fourth-order valence-electron chi connectivity index (χ4n) is 0.227. The molecule has 3 nitrogen and oxygen atoms in total. The summed E-state index contributed by atoms with van der Waals surface area (Å²) in [5.41, 5.74) is 0. The molecule has 0 saturated carbocycles. The summed E-state index contributed by atoms with van der Waals surface area (Å²) in [5.74, 6) is 0. The average molecular weight is 226 g/mol. The second-order valence-corrected chi connectivity index (χ2v) is 3.24. The van der Waals surface area contributed by atoms with Gasteiger partial charge in [0.15, 0.2) is 0 Å². The third-order valence-corrected chi connectivity index (χ3v) is 1.60. The summed E-state index contributed by atoms with van der Waals surface area (Å²) in [7, 11) is -5.07. The van der Waals surface area contributed by atoms with E-state index in [0.29, 0.717) is 0 Å². The van der Waals surface area contributed by atoms with Gasteiger partial charge in [-0.15, -0.1) is 0 Å². The van der Waals surface area contributed by atoms with Gasteiger partial charge in [-0.25, -0.2) is 0 Å². The molecule has 13 heavy (non-hydrogen) atoms. The van der Waals surface area contributed by atoms with Crippen molar-refractivity contribution >= 4 is 10.1 Å². The Morgan fingerprint density at radius 1 is 1.15 bits per heavy atom. The van der Waals surface area contributed by atoms with Crippen molar-refractivity contribution in [3.8, 4) is 0 Å². The Morgan fingerprint density at radius 3 is 1.77 bits per heavy atom. The van der Waals surface area contributed by atoms with Gasteiger partial charge in [-0.3, -0.25) is 0 Å². The van der Waals surface area contributed by atoms with Crippen molar-refractivity contribution in [1.29, 1.82) is 0 Å². The first-order valence-electron chi connectivity index (χ1n) is 2.54. The Balaban J connectivity index is 4.82. The molecule has 0 aliphatic heterocycles. The number of alkyl halides is 5. The molecule has 0 spiro atoms. The van der Waals surface area contributed by atoms with Gasteiger partial charge in [0.25, 0.3) is 10.1 Å². The van der Waals surface area contributed by atoms with Crippen molar-refractivity contribution in [2.75, 3.05) is 0 Å². The first-order valence-corrected chi connectivity index (χ1v) is 4.01. The molecule has 0 aliphatic rings. The van der Waals surface area contributed by atoms with Gasteiger partial charge in [0.2, 0.25) is 0 Å². The first kappa shape index (κ1) is 12.3. The molecular formula is C4H3F5O3S. The van der Waals surface area contributed by atoms with Crippen LogP contribution < -0.4 is 0 Å². The summed E-state index contributed by atoms with van der Waals surface area (Å²) in [6.45, 7) is 2.48. The molecule has 0 saturated heterocycles. The Morgan fingerprint density at radius 2 is 1.54 bits per heavy atom. The molecular weight excluding hydrogens is 223 g/mol. The van der Waals surface area contributed by atoms with Crippen LogP contribution in [-0.4, -0.2) is 20.7 Å². The predicted molar refractivity (Wildman–Crippen MR) is 31.2 cm³/mol. The van der Waals surface area contributed by atoms with E-state index in [-0.39, 0.29) is 5.41 Å². The van der Waals surface area contributed by atoms with Gasteiger partial charge in [0.05, 0.1) is 5.41 Å². The standard InChI is InChI=1S/C4H3F5O3S/c1-2-13(10,11)12-4(8,9)3(5,6)7/h2H,1H2. The number of hydrogen-bond acceptors (Lipinski definition) is 3. The fourth-order valence-corrected chi connectivity index (χ4v) is 0.681. The van der Waals surface area contributed by atoms with Gasteiger partial charge in [-0.1, -0.05) is 6.58 Å². The zero-order valence-electron chi connectivity index (χ0n) is 5.81. The van der Waals surface area contributed by atoms with Crippen molar-refractivity contribution in [2.24, 2.45) is 0 Å². The number of hydrogen-bond donors (Lipinski definition) is 0. The fraction of sp³-hybridized carbons (Fsp3) is 0.500. The molecule has 9 heteroatoms. The lowest BCUT2D eigenvalue weighted by Crippen LogP contribution is -2.40. The third kappa shape index (κ3) is 3.27. The zero-order chi connectivity index (χ0) is 10.9. The molecule has 0 radical (unpaired) electrons. The van der Waals surface area contributed by atoms with Gasteiger partial charge in [-0.2, -0.15) is 34.6 Å². The highest BCUT2D eigenvalue weighted by molar-refractivity contribution is 7.89. The molecule has 0 aromatic rings. The van der Waals surface area contributed by atoms with Gasteiger partial charge in [-0.05, 0) is 0 Å². The van der Waals surface area contributed by atoms with E-state index in [2.05, 4.69) is 10.8 Å². The maximum Gasteiger partial charge on any atom is 0.484 e. The minimum atomic E-state index is -6.08. The van der Waals surface area contributed by atoms with E-state index in [4.69, 9.17) is 0 Å². The monoisotopic (exact) mass is 226 g/mol. The zero-order valence-corrected chi connectivity index (χ0v) is 6.62. The lowest BCUT2D eigenvalue weighted by atomic mass is 10.6. The summed E-state index contributed by atoms with van der Waals surface area (Å²) in [6, 6.07) is 0. The first-order chi connectivity index (χ1) is 5.52. The van der Waals surface area contributed by atoms with Crippen LogP contribution in [0.15, 0.2) is 12.0 Å². The molecule has 0 aromatic heterocycles. The van der Waals surface area contributed by atoms with E-state index in [1.54, 1.807) is 0 Å². The topological polar surface area (TPSA) is 43.4 Å². The molecule has 0 unspecified atom stereocenters. The highest BCUT2D eigenvalue weighted by Gasteiger charge is 2.61. The van der Waals surface area contributed by atoms with Gasteiger partial charge in [0, 0.05) is 0 Å². The van der Waals surface area contributed by atoms with Gasteiger partial charge < -0.3 is 0 Å². The summed E-state index contributed by atoms with van der Waals surface area (Å²) in [4.78, 5) is 0. The van der Waals surface area contributed by atoms with Crippen molar-refractivity contribution in [3.63, 3.8) is 0 Å². The van der Waals surface area contributed by atoms with Crippen LogP contribution in [0.5, 0.6) is 0 Å². The SMILES string of the molecule is C=CS(=O)(=O)OC(F)(F)C(F)(F)F. The van der Waals surface area contributed by atoms with E-state index in [9.17, 15) is 30.4 Å². The Labute approximate surface area is 69.9 Å².